The van der Waals surface area contributed by atoms with Gasteiger partial charge in [0.2, 0.25) is 0 Å². The van der Waals surface area contributed by atoms with Gasteiger partial charge in [-0.05, 0) is 30.5 Å². The fourth-order valence-corrected chi connectivity index (χ4v) is 1.76. The lowest BCUT2D eigenvalue weighted by Crippen LogP contribution is -2.22. The second-order valence-electron chi connectivity index (χ2n) is 3.50. The molecule has 1 rings (SSSR count). The van der Waals surface area contributed by atoms with E-state index in [-0.39, 0.29) is 6.04 Å². The number of benzene rings is 1. The van der Waals surface area contributed by atoms with E-state index in [2.05, 4.69) is 6.92 Å². The van der Waals surface area contributed by atoms with Crippen molar-refractivity contribution in [2.45, 2.75) is 32.2 Å². The van der Waals surface area contributed by atoms with Crippen molar-refractivity contribution in [2.24, 2.45) is 5.73 Å². The smallest absolute Gasteiger partial charge is 0.0595 e. The Morgan fingerprint density at radius 3 is 2.57 bits per heavy atom. The highest BCUT2D eigenvalue weighted by Gasteiger charge is 2.04. The molecule has 0 saturated carbocycles. The van der Waals surface area contributed by atoms with Gasteiger partial charge in [-0.3, -0.25) is 0 Å². The first kappa shape index (κ1) is 11.8. The summed E-state index contributed by atoms with van der Waals surface area (Å²) in [6, 6.07) is 5.90. The Balaban J connectivity index is 2.63. The molecule has 1 aromatic rings. The maximum atomic E-state index is 5.93. The topological polar surface area (TPSA) is 26.0 Å². The Hall–Kier alpha value is -0.240. The van der Waals surface area contributed by atoms with Crippen LogP contribution in [0.15, 0.2) is 18.2 Å². The van der Waals surface area contributed by atoms with Crippen LogP contribution in [0.2, 0.25) is 10.0 Å². The standard InChI is InChI=1S/C11H15Cl2N/c1-2-3-9(14)6-8-4-5-10(12)11(13)7-8/h4-5,7,9H,2-3,6,14H2,1H3. The fraction of sp³-hybridized carbons (Fsp3) is 0.455. The van der Waals surface area contributed by atoms with Gasteiger partial charge in [0.1, 0.15) is 0 Å². The molecule has 0 aliphatic heterocycles. The molecule has 0 radical (unpaired) electrons. The molecular formula is C11H15Cl2N. The molecule has 3 heteroatoms. The van der Waals surface area contributed by atoms with Gasteiger partial charge in [0, 0.05) is 6.04 Å². The van der Waals surface area contributed by atoms with Crippen LogP contribution in [-0.4, -0.2) is 6.04 Å². The minimum Gasteiger partial charge on any atom is -0.327 e. The van der Waals surface area contributed by atoms with Crippen LogP contribution in [0.1, 0.15) is 25.3 Å². The van der Waals surface area contributed by atoms with E-state index in [1.54, 1.807) is 0 Å². The maximum absolute atomic E-state index is 5.93. The van der Waals surface area contributed by atoms with Crippen molar-refractivity contribution in [2.75, 3.05) is 0 Å². The maximum Gasteiger partial charge on any atom is 0.0595 e. The minimum absolute atomic E-state index is 0.220. The van der Waals surface area contributed by atoms with Crippen LogP contribution >= 0.6 is 23.2 Å². The molecule has 0 heterocycles. The second kappa shape index (κ2) is 5.59. The van der Waals surface area contributed by atoms with E-state index in [9.17, 15) is 0 Å². The van der Waals surface area contributed by atoms with Crippen molar-refractivity contribution >= 4 is 23.2 Å². The van der Waals surface area contributed by atoms with Crippen LogP contribution in [0.5, 0.6) is 0 Å². The Labute approximate surface area is 95.2 Å². The average molecular weight is 232 g/mol. The lowest BCUT2D eigenvalue weighted by atomic mass is 10.0. The lowest BCUT2D eigenvalue weighted by Gasteiger charge is -2.10. The number of nitrogens with two attached hydrogens (primary N) is 1. The molecule has 0 saturated heterocycles. The number of rotatable bonds is 4. The summed E-state index contributed by atoms with van der Waals surface area (Å²) in [4.78, 5) is 0. The van der Waals surface area contributed by atoms with Crippen molar-refractivity contribution in [3.63, 3.8) is 0 Å². The number of hydrogen-bond donors (Lipinski definition) is 1. The summed E-state index contributed by atoms with van der Waals surface area (Å²) in [7, 11) is 0. The predicted octanol–water partition coefficient (Wildman–Crippen LogP) is 3.66. The molecule has 0 fully saturated rings. The van der Waals surface area contributed by atoms with Crippen molar-refractivity contribution in [3.8, 4) is 0 Å². The first-order valence-corrected chi connectivity index (χ1v) is 5.58. The van der Waals surface area contributed by atoms with Crippen LogP contribution in [0, 0.1) is 0 Å². The van der Waals surface area contributed by atoms with Crippen molar-refractivity contribution < 1.29 is 0 Å². The zero-order valence-corrected chi connectivity index (χ0v) is 9.78. The zero-order chi connectivity index (χ0) is 10.6. The van der Waals surface area contributed by atoms with Gasteiger partial charge in [0.25, 0.3) is 0 Å². The van der Waals surface area contributed by atoms with Gasteiger partial charge < -0.3 is 5.73 Å². The molecule has 1 atom stereocenters. The molecule has 2 N–H and O–H groups in total. The fourth-order valence-electron chi connectivity index (χ4n) is 1.44. The summed E-state index contributed by atoms with van der Waals surface area (Å²) in [6.45, 7) is 2.13. The van der Waals surface area contributed by atoms with Gasteiger partial charge >= 0.3 is 0 Å². The highest BCUT2D eigenvalue weighted by atomic mass is 35.5. The van der Waals surface area contributed by atoms with E-state index in [0.29, 0.717) is 10.0 Å². The third-order valence-corrected chi connectivity index (χ3v) is 2.88. The van der Waals surface area contributed by atoms with Gasteiger partial charge in [-0.1, -0.05) is 42.6 Å². The molecule has 1 unspecified atom stereocenters. The van der Waals surface area contributed by atoms with Gasteiger partial charge in [-0.25, -0.2) is 0 Å². The summed E-state index contributed by atoms with van der Waals surface area (Å²) in [5.41, 5.74) is 7.08. The van der Waals surface area contributed by atoms with E-state index < -0.39 is 0 Å². The van der Waals surface area contributed by atoms with E-state index in [4.69, 9.17) is 28.9 Å². The van der Waals surface area contributed by atoms with Gasteiger partial charge in [-0.15, -0.1) is 0 Å². The molecule has 0 aromatic heterocycles. The summed E-state index contributed by atoms with van der Waals surface area (Å²) < 4.78 is 0. The van der Waals surface area contributed by atoms with Crippen molar-refractivity contribution in [3.05, 3.63) is 33.8 Å². The molecule has 0 spiro atoms. The van der Waals surface area contributed by atoms with Crippen LogP contribution in [0.25, 0.3) is 0 Å². The third-order valence-electron chi connectivity index (χ3n) is 2.14. The molecule has 1 aromatic carbocycles. The minimum atomic E-state index is 0.220. The summed E-state index contributed by atoms with van der Waals surface area (Å²) >= 11 is 11.7. The Morgan fingerprint density at radius 2 is 2.00 bits per heavy atom. The lowest BCUT2D eigenvalue weighted by molar-refractivity contribution is 0.600. The SMILES string of the molecule is CCCC(N)Cc1ccc(Cl)c(Cl)c1. The molecule has 0 aliphatic carbocycles. The molecule has 14 heavy (non-hydrogen) atoms. The zero-order valence-electron chi connectivity index (χ0n) is 8.26. The van der Waals surface area contributed by atoms with Crippen LogP contribution < -0.4 is 5.73 Å². The molecule has 1 nitrogen and oxygen atoms in total. The number of hydrogen-bond acceptors (Lipinski definition) is 1. The van der Waals surface area contributed by atoms with E-state index in [1.807, 2.05) is 18.2 Å². The Morgan fingerprint density at radius 1 is 1.29 bits per heavy atom. The second-order valence-corrected chi connectivity index (χ2v) is 4.32. The molecule has 0 aliphatic rings. The molecule has 0 amide bonds. The molecule has 78 valence electrons. The van der Waals surface area contributed by atoms with Gasteiger partial charge in [0.15, 0.2) is 0 Å². The van der Waals surface area contributed by atoms with Crippen LogP contribution in [0.4, 0.5) is 0 Å². The quantitative estimate of drug-likeness (QED) is 0.842. The molecule has 0 bridgehead atoms. The first-order valence-electron chi connectivity index (χ1n) is 4.83. The Kier molecular flexibility index (Phi) is 4.73. The normalized spacial score (nSPS) is 12.9. The van der Waals surface area contributed by atoms with E-state index in [1.165, 1.54) is 0 Å². The van der Waals surface area contributed by atoms with Gasteiger partial charge in [-0.2, -0.15) is 0 Å². The predicted molar refractivity (Wildman–Crippen MR) is 63.0 cm³/mol. The van der Waals surface area contributed by atoms with Crippen molar-refractivity contribution in [1.82, 2.24) is 0 Å². The van der Waals surface area contributed by atoms with Crippen LogP contribution in [-0.2, 0) is 6.42 Å². The van der Waals surface area contributed by atoms with Crippen LogP contribution in [0.3, 0.4) is 0 Å². The summed E-state index contributed by atoms with van der Waals surface area (Å²) in [5.74, 6) is 0. The largest absolute Gasteiger partial charge is 0.327 e. The average Bonchev–Trinajstić information content (AvgIpc) is 2.12. The number of halogens is 2. The summed E-state index contributed by atoms with van der Waals surface area (Å²) in [6.07, 6.45) is 3.02. The third kappa shape index (κ3) is 3.49. The monoisotopic (exact) mass is 231 g/mol. The van der Waals surface area contributed by atoms with Crippen molar-refractivity contribution in [1.29, 1.82) is 0 Å². The highest BCUT2D eigenvalue weighted by molar-refractivity contribution is 6.42. The van der Waals surface area contributed by atoms with Gasteiger partial charge in [0.05, 0.1) is 10.0 Å². The van der Waals surface area contributed by atoms with E-state index >= 15 is 0 Å². The summed E-state index contributed by atoms with van der Waals surface area (Å²) in [5, 5.41) is 1.20. The Bertz CT molecular complexity index is 299. The highest BCUT2D eigenvalue weighted by Crippen LogP contribution is 2.23. The molecular weight excluding hydrogens is 217 g/mol. The first-order chi connectivity index (χ1) is 6.63. The van der Waals surface area contributed by atoms with E-state index in [0.717, 1.165) is 24.8 Å².